The summed E-state index contributed by atoms with van der Waals surface area (Å²) in [7, 11) is 1.71. The van der Waals surface area contributed by atoms with E-state index in [1.165, 1.54) is 9.47 Å². The summed E-state index contributed by atoms with van der Waals surface area (Å²) in [6.45, 7) is 3.97. The molecule has 0 aliphatic carbocycles. The number of nitrogens with one attached hydrogen (secondary N) is 2. The number of piperazine rings is 1. The molecule has 2 aromatic heterocycles. The highest BCUT2D eigenvalue weighted by Gasteiger charge is 2.18. The van der Waals surface area contributed by atoms with Crippen LogP contribution in [0.2, 0.25) is 0 Å². The molecular formula is C17H22BrN5O3. The fourth-order valence-electron chi connectivity index (χ4n) is 2.44. The van der Waals surface area contributed by atoms with E-state index >= 15 is 0 Å². The first-order chi connectivity index (χ1) is 12.4. The van der Waals surface area contributed by atoms with Crippen molar-refractivity contribution in [1.29, 1.82) is 0 Å². The van der Waals surface area contributed by atoms with Gasteiger partial charge in [0.2, 0.25) is 0 Å². The third-order valence-electron chi connectivity index (χ3n) is 3.72. The van der Waals surface area contributed by atoms with Crippen LogP contribution in [0.1, 0.15) is 6.92 Å². The first-order valence-electron chi connectivity index (χ1n) is 8.12. The van der Waals surface area contributed by atoms with Crippen LogP contribution in [0.3, 0.4) is 0 Å². The van der Waals surface area contributed by atoms with Gasteiger partial charge in [-0.3, -0.25) is 4.79 Å². The number of rotatable bonds is 2. The van der Waals surface area contributed by atoms with Gasteiger partial charge in [0.05, 0.1) is 0 Å². The van der Waals surface area contributed by atoms with Crippen LogP contribution in [0.25, 0.3) is 0 Å². The summed E-state index contributed by atoms with van der Waals surface area (Å²) >= 11 is 3.34. The Morgan fingerprint density at radius 3 is 2.81 bits per heavy atom. The second kappa shape index (κ2) is 9.35. The summed E-state index contributed by atoms with van der Waals surface area (Å²) in [6, 6.07) is 7.52. The van der Waals surface area contributed by atoms with Crippen LogP contribution < -0.4 is 16.2 Å². The van der Waals surface area contributed by atoms with Gasteiger partial charge < -0.3 is 25.2 Å². The molecule has 3 N–H and O–H groups in total. The van der Waals surface area contributed by atoms with Crippen LogP contribution in [-0.4, -0.2) is 51.3 Å². The highest BCUT2D eigenvalue weighted by Crippen LogP contribution is 2.14. The zero-order valence-corrected chi connectivity index (χ0v) is 16.2. The number of pyridine rings is 2. The number of halogens is 1. The predicted octanol–water partition coefficient (Wildman–Crippen LogP) is 2.24. The lowest BCUT2D eigenvalue weighted by molar-refractivity contribution is 0.130. The Labute approximate surface area is 160 Å². The smallest absolute Gasteiger partial charge is 0.407 e. The van der Waals surface area contributed by atoms with Crippen LogP contribution in [0, 0.1) is 0 Å². The van der Waals surface area contributed by atoms with Crippen LogP contribution >= 0.6 is 15.9 Å². The van der Waals surface area contributed by atoms with Crippen molar-refractivity contribution in [2.24, 2.45) is 7.05 Å². The highest BCUT2D eigenvalue weighted by atomic mass is 79.9. The van der Waals surface area contributed by atoms with Gasteiger partial charge in [-0.1, -0.05) is 6.07 Å². The Morgan fingerprint density at radius 2 is 2.23 bits per heavy atom. The van der Waals surface area contributed by atoms with E-state index in [1.807, 2.05) is 19.1 Å². The Bertz CT molecular complexity index is 797. The third-order valence-corrected chi connectivity index (χ3v) is 4.15. The molecule has 1 aliphatic heterocycles. The lowest BCUT2D eigenvalue weighted by atomic mass is 10.2. The van der Waals surface area contributed by atoms with E-state index in [4.69, 9.17) is 5.11 Å². The van der Waals surface area contributed by atoms with Crippen molar-refractivity contribution in [2.75, 3.05) is 25.0 Å². The Hall–Kier alpha value is -2.39. The van der Waals surface area contributed by atoms with Crippen molar-refractivity contribution in [1.82, 2.24) is 19.8 Å². The van der Waals surface area contributed by atoms with Crippen molar-refractivity contribution in [2.45, 2.75) is 13.0 Å². The number of aromatic nitrogens is 2. The molecule has 1 fully saturated rings. The van der Waals surface area contributed by atoms with Gasteiger partial charge in [-0.05, 0) is 41.1 Å². The van der Waals surface area contributed by atoms with E-state index in [0.29, 0.717) is 30.6 Å². The number of hydrogen-bond donors (Lipinski definition) is 3. The molecule has 0 bridgehead atoms. The van der Waals surface area contributed by atoms with E-state index in [1.54, 1.807) is 31.6 Å². The number of aryl methyl sites for hydroxylation is 1. The van der Waals surface area contributed by atoms with Crippen LogP contribution in [-0.2, 0) is 7.05 Å². The molecule has 140 valence electrons. The van der Waals surface area contributed by atoms with E-state index in [9.17, 15) is 9.59 Å². The summed E-state index contributed by atoms with van der Waals surface area (Å²) in [6.07, 6.45) is 2.57. The van der Waals surface area contributed by atoms with Gasteiger partial charge >= 0.3 is 6.09 Å². The van der Waals surface area contributed by atoms with Gasteiger partial charge in [-0.25, -0.2) is 9.78 Å². The molecule has 0 aromatic carbocycles. The Morgan fingerprint density at radius 1 is 1.46 bits per heavy atom. The summed E-state index contributed by atoms with van der Waals surface area (Å²) in [5.74, 6) is 0.651. The molecule has 2 aromatic rings. The van der Waals surface area contributed by atoms with Crippen LogP contribution in [0.15, 0.2) is 45.9 Å². The highest BCUT2D eigenvalue weighted by molar-refractivity contribution is 9.10. The number of carboxylic acid groups (broad SMARTS) is 1. The van der Waals surface area contributed by atoms with Gasteiger partial charge in [0.1, 0.15) is 11.5 Å². The summed E-state index contributed by atoms with van der Waals surface area (Å²) in [4.78, 5) is 27.7. The summed E-state index contributed by atoms with van der Waals surface area (Å²) in [5, 5.41) is 14.7. The van der Waals surface area contributed by atoms with Crippen molar-refractivity contribution in [3.05, 3.63) is 51.5 Å². The maximum absolute atomic E-state index is 11.8. The van der Waals surface area contributed by atoms with Gasteiger partial charge in [0, 0.05) is 49.6 Å². The number of amides is 1. The SMILES string of the molecule is CC1CN(C(=O)O)CCN1.Cn1cc(Br)cc(Nc2ccccn2)c1=O. The molecule has 1 atom stereocenters. The predicted molar refractivity (Wildman–Crippen MR) is 104 cm³/mol. The molecule has 1 amide bonds. The number of carbonyl (C=O) groups is 1. The molecule has 1 unspecified atom stereocenters. The number of nitrogens with zero attached hydrogens (tertiary/aromatic N) is 3. The molecule has 9 heteroatoms. The molecule has 1 saturated heterocycles. The first-order valence-corrected chi connectivity index (χ1v) is 8.91. The molecule has 0 spiro atoms. The van der Waals surface area contributed by atoms with Gasteiger partial charge in [-0.15, -0.1) is 0 Å². The molecule has 0 saturated carbocycles. The summed E-state index contributed by atoms with van der Waals surface area (Å²) < 4.78 is 2.35. The maximum atomic E-state index is 11.8. The minimum Gasteiger partial charge on any atom is -0.465 e. The van der Waals surface area contributed by atoms with Gasteiger partial charge in [0.15, 0.2) is 0 Å². The minimum atomic E-state index is -0.812. The average molecular weight is 424 g/mol. The lowest BCUT2D eigenvalue weighted by Gasteiger charge is -2.29. The Kier molecular flexibility index (Phi) is 7.16. The average Bonchev–Trinajstić information content (AvgIpc) is 2.61. The first kappa shape index (κ1) is 19.9. The standard InChI is InChI=1S/C11H10BrN3O.C6H12N2O2/c1-15-7-8(12)6-9(11(15)16)14-10-4-2-3-5-13-10;1-5-4-8(6(9)10)3-2-7-5/h2-7H,1H3,(H,13,14);5,7H,2-4H2,1H3,(H,9,10). The molecule has 1 aliphatic rings. The molecule has 8 nitrogen and oxygen atoms in total. The third kappa shape index (κ3) is 5.85. The Balaban J connectivity index is 0.000000209. The lowest BCUT2D eigenvalue weighted by Crippen LogP contribution is -2.50. The fraction of sp³-hybridized carbons (Fsp3) is 0.353. The van der Waals surface area contributed by atoms with Crippen LogP contribution in [0.4, 0.5) is 16.3 Å². The van der Waals surface area contributed by atoms with Crippen molar-refractivity contribution < 1.29 is 9.90 Å². The minimum absolute atomic E-state index is 0.0890. The molecule has 0 radical (unpaired) electrons. The van der Waals surface area contributed by atoms with Crippen molar-refractivity contribution in [3.63, 3.8) is 0 Å². The van der Waals surface area contributed by atoms with E-state index in [-0.39, 0.29) is 5.56 Å². The molecule has 3 heterocycles. The molecule has 3 rings (SSSR count). The van der Waals surface area contributed by atoms with E-state index in [0.717, 1.165) is 11.0 Å². The largest absolute Gasteiger partial charge is 0.465 e. The zero-order valence-electron chi connectivity index (χ0n) is 14.6. The van der Waals surface area contributed by atoms with Gasteiger partial charge in [0.25, 0.3) is 5.56 Å². The zero-order chi connectivity index (χ0) is 19.1. The number of anilines is 2. The van der Waals surface area contributed by atoms with Gasteiger partial charge in [-0.2, -0.15) is 0 Å². The fourth-order valence-corrected chi connectivity index (χ4v) is 2.98. The summed E-state index contributed by atoms with van der Waals surface area (Å²) in [5.41, 5.74) is 0.407. The quantitative estimate of drug-likeness (QED) is 0.684. The molecular weight excluding hydrogens is 402 g/mol. The number of hydrogen-bond acceptors (Lipinski definition) is 5. The van der Waals surface area contributed by atoms with E-state index < -0.39 is 6.09 Å². The van der Waals surface area contributed by atoms with Crippen LogP contribution in [0.5, 0.6) is 0 Å². The molecule has 26 heavy (non-hydrogen) atoms. The maximum Gasteiger partial charge on any atom is 0.407 e. The topological polar surface area (TPSA) is 99.5 Å². The second-order valence-electron chi connectivity index (χ2n) is 5.91. The van der Waals surface area contributed by atoms with Crippen molar-refractivity contribution >= 4 is 33.5 Å². The normalized spacial score (nSPS) is 16.4. The monoisotopic (exact) mass is 423 g/mol. The second-order valence-corrected chi connectivity index (χ2v) is 6.83. The van der Waals surface area contributed by atoms with E-state index in [2.05, 4.69) is 31.5 Å². The van der Waals surface area contributed by atoms with Crippen molar-refractivity contribution in [3.8, 4) is 0 Å².